The number of thiophene rings is 1. The van der Waals surface area contributed by atoms with Crippen molar-refractivity contribution in [2.45, 2.75) is 38.5 Å². The fourth-order valence-corrected chi connectivity index (χ4v) is 2.17. The summed E-state index contributed by atoms with van der Waals surface area (Å²) in [6, 6.07) is 3.63. The largest absolute Gasteiger partial charge is 0.462 e. The quantitative estimate of drug-likeness (QED) is 0.545. The summed E-state index contributed by atoms with van der Waals surface area (Å²) in [6.45, 7) is 0.801. The van der Waals surface area contributed by atoms with Crippen LogP contribution in [0.15, 0.2) is 17.5 Å². The second kappa shape index (κ2) is 9.19. The Hall–Kier alpha value is -0.870. The molecule has 3 nitrogen and oxygen atoms in total. The highest BCUT2D eigenvalue weighted by molar-refractivity contribution is 7.11. The second-order valence-corrected chi connectivity index (χ2v) is 4.91. The van der Waals surface area contributed by atoms with Crippen LogP contribution in [-0.4, -0.2) is 24.3 Å². The molecule has 1 rings (SSSR count). The maximum Gasteiger partial charge on any atom is 0.348 e. The number of aliphatic hydroxyl groups is 1. The monoisotopic (exact) mass is 256 g/mol. The van der Waals surface area contributed by atoms with Gasteiger partial charge in [0.2, 0.25) is 0 Å². The molecule has 0 amide bonds. The van der Waals surface area contributed by atoms with Gasteiger partial charge in [0, 0.05) is 6.61 Å². The summed E-state index contributed by atoms with van der Waals surface area (Å²) < 4.78 is 5.15. The van der Waals surface area contributed by atoms with E-state index in [2.05, 4.69) is 0 Å². The third-order valence-corrected chi connectivity index (χ3v) is 3.36. The summed E-state index contributed by atoms with van der Waals surface area (Å²) in [5.41, 5.74) is 0. The van der Waals surface area contributed by atoms with Gasteiger partial charge in [0.05, 0.1) is 6.61 Å². The van der Waals surface area contributed by atoms with Crippen LogP contribution in [0.25, 0.3) is 0 Å². The van der Waals surface area contributed by atoms with Crippen molar-refractivity contribution in [3.63, 3.8) is 0 Å². The van der Waals surface area contributed by atoms with Gasteiger partial charge in [-0.3, -0.25) is 0 Å². The fraction of sp³-hybridized carbons (Fsp3) is 0.615. The van der Waals surface area contributed by atoms with Gasteiger partial charge < -0.3 is 9.84 Å². The van der Waals surface area contributed by atoms with E-state index in [1.807, 2.05) is 11.4 Å². The summed E-state index contributed by atoms with van der Waals surface area (Å²) >= 11 is 1.41. The lowest BCUT2D eigenvalue weighted by atomic mass is 10.1. The van der Waals surface area contributed by atoms with Crippen LogP contribution in [0, 0.1) is 0 Å². The van der Waals surface area contributed by atoms with Crippen molar-refractivity contribution in [1.82, 2.24) is 0 Å². The van der Waals surface area contributed by atoms with Crippen LogP contribution >= 0.6 is 11.3 Å². The number of unbranched alkanes of at least 4 members (excludes halogenated alkanes) is 5. The fourth-order valence-electron chi connectivity index (χ4n) is 1.55. The van der Waals surface area contributed by atoms with Crippen LogP contribution in [0.1, 0.15) is 48.2 Å². The van der Waals surface area contributed by atoms with Crippen LogP contribution in [0.4, 0.5) is 0 Å². The molecule has 17 heavy (non-hydrogen) atoms. The second-order valence-electron chi connectivity index (χ2n) is 3.96. The van der Waals surface area contributed by atoms with Crippen molar-refractivity contribution < 1.29 is 14.6 Å². The minimum absolute atomic E-state index is 0.208. The van der Waals surface area contributed by atoms with Crippen LogP contribution in [-0.2, 0) is 4.74 Å². The highest BCUT2D eigenvalue weighted by Crippen LogP contribution is 2.11. The number of hydrogen-bond acceptors (Lipinski definition) is 4. The van der Waals surface area contributed by atoms with Crippen LogP contribution in [0.3, 0.4) is 0 Å². The average Bonchev–Trinajstić information content (AvgIpc) is 2.86. The van der Waals surface area contributed by atoms with E-state index in [9.17, 15) is 4.79 Å². The van der Waals surface area contributed by atoms with Crippen LogP contribution in [0.5, 0.6) is 0 Å². The summed E-state index contributed by atoms with van der Waals surface area (Å²) in [4.78, 5) is 12.1. The zero-order valence-electron chi connectivity index (χ0n) is 10.1. The normalized spacial score (nSPS) is 10.4. The van der Waals surface area contributed by atoms with Gasteiger partial charge in [-0.2, -0.15) is 0 Å². The molecule has 1 aromatic heterocycles. The molecule has 0 aliphatic heterocycles. The van der Waals surface area contributed by atoms with E-state index in [0.717, 1.165) is 38.5 Å². The minimum atomic E-state index is -0.208. The molecule has 1 heterocycles. The minimum Gasteiger partial charge on any atom is -0.462 e. The molecular weight excluding hydrogens is 236 g/mol. The molecule has 0 unspecified atom stereocenters. The third kappa shape index (κ3) is 6.44. The Kier molecular flexibility index (Phi) is 7.67. The van der Waals surface area contributed by atoms with Crippen molar-refractivity contribution >= 4 is 17.3 Å². The van der Waals surface area contributed by atoms with E-state index in [1.165, 1.54) is 11.3 Å². The summed E-state index contributed by atoms with van der Waals surface area (Å²) in [5, 5.41) is 10.5. The molecule has 0 aliphatic carbocycles. The molecule has 0 bridgehead atoms. The van der Waals surface area contributed by atoms with Gasteiger partial charge in [0.15, 0.2) is 0 Å². The van der Waals surface area contributed by atoms with Gasteiger partial charge in [-0.1, -0.05) is 31.7 Å². The first kappa shape index (κ1) is 14.2. The van der Waals surface area contributed by atoms with Gasteiger partial charge in [0.25, 0.3) is 0 Å². The Labute approximate surface area is 106 Å². The first-order valence-corrected chi connectivity index (χ1v) is 7.04. The lowest BCUT2D eigenvalue weighted by molar-refractivity contribution is 0.0503. The molecule has 0 fully saturated rings. The van der Waals surface area contributed by atoms with Crippen molar-refractivity contribution in [1.29, 1.82) is 0 Å². The van der Waals surface area contributed by atoms with Crippen molar-refractivity contribution in [2.24, 2.45) is 0 Å². The molecular formula is C13H20O3S. The first-order valence-electron chi connectivity index (χ1n) is 6.16. The molecule has 0 atom stereocenters. The van der Waals surface area contributed by atoms with Gasteiger partial charge in [0.1, 0.15) is 4.88 Å². The molecule has 1 N–H and O–H groups in total. The Bertz CT molecular complexity index is 296. The van der Waals surface area contributed by atoms with E-state index in [-0.39, 0.29) is 5.97 Å². The lowest BCUT2D eigenvalue weighted by Crippen LogP contribution is -2.04. The molecule has 0 spiro atoms. The van der Waals surface area contributed by atoms with Gasteiger partial charge >= 0.3 is 5.97 Å². The zero-order chi connectivity index (χ0) is 12.3. The highest BCUT2D eigenvalue weighted by atomic mass is 32.1. The topological polar surface area (TPSA) is 46.5 Å². The van der Waals surface area contributed by atoms with E-state index in [4.69, 9.17) is 9.84 Å². The Balaban J connectivity index is 1.92. The summed E-state index contributed by atoms with van der Waals surface area (Å²) in [5.74, 6) is -0.208. The van der Waals surface area contributed by atoms with Crippen LogP contribution < -0.4 is 0 Å². The number of carbonyl (C=O) groups excluding carboxylic acids is 1. The number of aliphatic hydroxyl groups excluding tert-OH is 1. The zero-order valence-corrected chi connectivity index (χ0v) is 10.9. The van der Waals surface area contributed by atoms with E-state index in [0.29, 0.717) is 18.1 Å². The predicted molar refractivity (Wildman–Crippen MR) is 69.4 cm³/mol. The molecule has 0 radical (unpaired) electrons. The smallest absolute Gasteiger partial charge is 0.348 e. The van der Waals surface area contributed by atoms with E-state index >= 15 is 0 Å². The van der Waals surface area contributed by atoms with Gasteiger partial charge in [-0.15, -0.1) is 11.3 Å². The summed E-state index contributed by atoms with van der Waals surface area (Å²) in [7, 11) is 0. The lowest BCUT2D eigenvalue weighted by Gasteiger charge is -2.03. The number of rotatable bonds is 9. The average molecular weight is 256 g/mol. The molecule has 96 valence electrons. The van der Waals surface area contributed by atoms with Crippen molar-refractivity contribution in [3.05, 3.63) is 22.4 Å². The number of esters is 1. The Morgan fingerprint density at radius 2 is 1.88 bits per heavy atom. The standard InChI is InChI=1S/C13H20O3S/c14-9-5-3-1-2-4-6-10-16-13(15)12-8-7-11-17-12/h7-8,11,14H,1-6,9-10H2. The SMILES string of the molecule is O=C(OCCCCCCCCO)c1cccs1. The first-order chi connectivity index (χ1) is 8.34. The molecule has 0 aliphatic rings. The maximum atomic E-state index is 11.4. The predicted octanol–water partition coefficient (Wildman–Crippen LogP) is 3.24. The van der Waals surface area contributed by atoms with Crippen molar-refractivity contribution in [3.8, 4) is 0 Å². The van der Waals surface area contributed by atoms with E-state index < -0.39 is 0 Å². The molecule has 0 aromatic carbocycles. The molecule has 0 saturated carbocycles. The summed E-state index contributed by atoms with van der Waals surface area (Å²) in [6.07, 6.45) is 6.30. The van der Waals surface area contributed by atoms with Crippen LogP contribution in [0.2, 0.25) is 0 Å². The van der Waals surface area contributed by atoms with Gasteiger partial charge in [-0.05, 0) is 24.3 Å². The molecule has 4 heteroatoms. The number of carbonyl (C=O) groups is 1. The Morgan fingerprint density at radius 1 is 1.18 bits per heavy atom. The maximum absolute atomic E-state index is 11.4. The Morgan fingerprint density at radius 3 is 2.53 bits per heavy atom. The van der Waals surface area contributed by atoms with E-state index in [1.54, 1.807) is 6.07 Å². The van der Waals surface area contributed by atoms with Gasteiger partial charge in [-0.25, -0.2) is 4.79 Å². The molecule has 1 aromatic rings. The number of hydrogen-bond donors (Lipinski definition) is 1. The molecule has 0 saturated heterocycles. The highest BCUT2D eigenvalue weighted by Gasteiger charge is 2.06. The number of ether oxygens (including phenoxy) is 1. The van der Waals surface area contributed by atoms with Crippen molar-refractivity contribution in [2.75, 3.05) is 13.2 Å². The third-order valence-electron chi connectivity index (χ3n) is 2.51.